The van der Waals surface area contributed by atoms with Gasteiger partial charge in [0.2, 0.25) is 0 Å². The summed E-state index contributed by atoms with van der Waals surface area (Å²) in [6.07, 6.45) is 5.07. The molecule has 0 spiro atoms. The predicted octanol–water partition coefficient (Wildman–Crippen LogP) is 2.05. The first-order chi connectivity index (χ1) is 6.83. The molecule has 0 aliphatic carbocycles. The molecule has 3 heteroatoms. The Bertz CT molecular complexity index is 137. The van der Waals surface area contributed by atoms with Gasteiger partial charge < -0.3 is 9.64 Å². The fourth-order valence-corrected chi connectivity index (χ4v) is 2.03. The van der Waals surface area contributed by atoms with E-state index >= 15 is 0 Å². The molecular weight excluding hydrogens is 194 g/mol. The number of rotatable bonds is 6. The van der Waals surface area contributed by atoms with E-state index in [1.165, 1.54) is 38.8 Å². The Balaban J connectivity index is 2.00. The minimum atomic E-state index is 0.905. The highest BCUT2D eigenvalue weighted by atomic mass is 32.1. The topological polar surface area (TPSA) is 12.5 Å². The summed E-state index contributed by atoms with van der Waals surface area (Å²) in [4.78, 5) is 2.42. The lowest BCUT2D eigenvalue weighted by Gasteiger charge is -2.24. The lowest BCUT2D eigenvalue weighted by Crippen LogP contribution is -2.25. The third-order valence-electron chi connectivity index (χ3n) is 2.96. The monoisotopic (exact) mass is 217 g/mol. The van der Waals surface area contributed by atoms with E-state index in [2.05, 4.69) is 24.6 Å². The van der Waals surface area contributed by atoms with Crippen molar-refractivity contribution in [3.8, 4) is 0 Å². The molecule has 0 amide bonds. The summed E-state index contributed by atoms with van der Waals surface area (Å²) in [6.45, 7) is 4.38. The summed E-state index contributed by atoms with van der Waals surface area (Å²) in [5, 5.41) is 0. The van der Waals surface area contributed by atoms with Gasteiger partial charge in [-0.2, -0.15) is 12.6 Å². The van der Waals surface area contributed by atoms with Crippen molar-refractivity contribution in [2.45, 2.75) is 25.7 Å². The van der Waals surface area contributed by atoms with Crippen LogP contribution in [0.15, 0.2) is 0 Å². The number of hydrogen-bond acceptors (Lipinski definition) is 3. The van der Waals surface area contributed by atoms with Crippen LogP contribution in [0.1, 0.15) is 25.7 Å². The molecule has 0 N–H and O–H groups in total. The van der Waals surface area contributed by atoms with Gasteiger partial charge >= 0.3 is 0 Å². The highest BCUT2D eigenvalue weighted by Crippen LogP contribution is 2.18. The number of ether oxygens (including phenoxy) is 1. The van der Waals surface area contributed by atoms with Crippen molar-refractivity contribution in [1.29, 1.82) is 0 Å². The fourth-order valence-electron chi connectivity index (χ4n) is 1.89. The van der Waals surface area contributed by atoms with Crippen molar-refractivity contribution in [3.63, 3.8) is 0 Å². The van der Waals surface area contributed by atoms with Gasteiger partial charge in [0, 0.05) is 13.2 Å². The third-order valence-corrected chi connectivity index (χ3v) is 3.27. The molecule has 0 bridgehead atoms. The van der Waals surface area contributed by atoms with Gasteiger partial charge in [0.1, 0.15) is 0 Å². The average Bonchev–Trinajstić information content (AvgIpc) is 2.25. The van der Waals surface area contributed by atoms with Crippen molar-refractivity contribution >= 4 is 12.6 Å². The van der Waals surface area contributed by atoms with Crippen LogP contribution in [0.25, 0.3) is 0 Å². The minimum Gasteiger partial charge on any atom is -0.381 e. The van der Waals surface area contributed by atoms with Crippen LogP contribution in [0.4, 0.5) is 0 Å². The van der Waals surface area contributed by atoms with Crippen LogP contribution in [0, 0.1) is 5.92 Å². The van der Waals surface area contributed by atoms with E-state index in [-0.39, 0.29) is 0 Å². The molecule has 1 saturated heterocycles. The zero-order chi connectivity index (χ0) is 10.2. The third kappa shape index (κ3) is 5.23. The Morgan fingerprint density at radius 3 is 2.64 bits per heavy atom. The highest BCUT2D eigenvalue weighted by molar-refractivity contribution is 7.80. The largest absolute Gasteiger partial charge is 0.381 e. The molecule has 0 radical (unpaired) electrons. The molecule has 1 aliphatic heterocycles. The highest BCUT2D eigenvalue weighted by Gasteiger charge is 2.13. The van der Waals surface area contributed by atoms with Crippen LogP contribution < -0.4 is 0 Å². The van der Waals surface area contributed by atoms with Crippen molar-refractivity contribution in [2.75, 3.05) is 39.1 Å². The van der Waals surface area contributed by atoms with Crippen molar-refractivity contribution in [1.82, 2.24) is 4.90 Å². The lowest BCUT2D eigenvalue weighted by molar-refractivity contribution is 0.0610. The van der Waals surface area contributed by atoms with Crippen LogP contribution in [-0.2, 0) is 4.74 Å². The predicted molar refractivity (Wildman–Crippen MR) is 64.1 cm³/mol. The lowest BCUT2D eigenvalue weighted by atomic mass is 9.96. The van der Waals surface area contributed by atoms with Gasteiger partial charge in [-0.25, -0.2) is 0 Å². The van der Waals surface area contributed by atoms with Crippen LogP contribution in [0.2, 0.25) is 0 Å². The van der Waals surface area contributed by atoms with Crippen LogP contribution in [0.3, 0.4) is 0 Å². The summed E-state index contributed by atoms with van der Waals surface area (Å²) >= 11 is 4.22. The van der Waals surface area contributed by atoms with E-state index in [1.54, 1.807) is 0 Å². The molecular formula is C11H23NOS. The maximum absolute atomic E-state index is 5.35. The molecule has 1 aliphatic rings. The van der Waals surface area contributed by atoms with E-state index in [0.29, 0.717) is 0 Å². The summed E-state index contributed by atoms with van der Waals surface area (Å²) in [6, 6.07) is 0. The first-order valence-corrected chi connectivity index (χ1v) is 6.33. The second-order valence-electron chi connectivity index (χ2n) is 4.22. The molecule has 0 aromatic heterocycles. The summed E-state index contributed by atoms with van der Waals surface area (Å²) in [5.41, 5.74) is 0. The Hall–Kier alpha value is 0.270. The van der Waals surface area contributed by atoms with E-state index < -0.39 is 0 Å². The Labute approximate surface area is 93.4 Å². The van der Waals surface area contributed by atoms with E-state index in [1.807, 2.05) is 0 Å². The van der Waals surface area contributed by atoms with Gasteiger partial charge in [0.15, 0.2) is 0 Å². The molecule has 1 heterocycles. The van der Waals surface area contributed by atoms with Gasteiger partial charge in [-0.15, -0.1) is 0 Å². The summed E-state index contributed by atoms with van der Waals surface area (Å²) in [7, 11) is 2.21. The molecule has 1 rings (SSSR count). The minimum absolute atomic E-state index is 0.905. The molecule has 0 saturated carbocycles. The molecule has 0 aromatic rings. The zero-order valence-electron chi connectivity index (χ0n) is 9.24. The van der Waals surface area contributed by atoms with Crippen LogP contribution >= 0.6 is 12.6 Å². The van der Waals surface area contributed by atoms with E-state index in [0.717, 1.165) is 24.9 Å². The van der Waals surface area contributed by atoms with Gasteiger partial charge in [-0.1, -0.05) is 0 Å². The Kier molecular flexibility index (Phi) is 6.65. The SMILES string of the molecule is CN(CCCS)CCC1CCOCC1. The molecule has 14 heavy (non-hydrogen) atoms. The molecule has 1 fully saturated rings. The Morgan fingerprint density at radius 1 is 1.29 bits per heavy atom. The van der Waals surface area contributed by atoms with Gasteiger partial charge in [0.05, 0.1) is 0 Å². The Morgan fingerprint density at radius 2 is 2.00 bits per heavy atom. The van der Waals surface area contributed by atoms with Crippen molar-refractivity contribution in [3.05, 3.63) is 0 Å². The first-order valence-electron chi connectivity index (χ1n) is 5.70. The van der Waals surface area contributed by atoms with Crippen LogP contribution in [-0.4, -0.2) is 44.0 Å². The molecule has 0 aromatic carbocycles. The van der Waals surface area contributed by atoms with Gasteiger partial charge in [0.25, 0.3) is 0 Å². The van der Waals surface area contributed by atoms with E-state index in [4.69, 9.17) is 4.74 Å². The molecule has 0 unspecified atom stereocenters. The number of nitrogens with zero attached hydrogens (tertiary/aromatic N) is 1. The zero-order valence-corrected chi connectivity index (χ0v) is 10.1. The smallest absolute Gasteiger partial charge is 0.0468 e. The maximum atomic E-state index is 5.35. The normalized spacial score (nSPS) is 19.1. The number of hydrogen-bond donors (Lipinski definition) is 1. The summed E-state index contributed by atoms with van der Waals surface area (Å²) < 4.78 is 5.35. The fraction of sp³-hybridized carbons (Fsp3) is 1.00. The molecule has 84 valence electrons. The van der Waals surface area contributed by atoms with Gasteiger partial charge in [-0.05, 0) is 57.5 Å². The molecule has 0 atom stereocenters. The summed E-state index contributed by atoms with van der Waals surface area (Å²) in [5.74, 6) is 1.91. The van der Waals surface area contributed by atoms with Crippen molar-refractivity contribution < 1.29 is 4.74 Å². The van der Waals surface area contributed by atoms with Crippen LogP contribution in [0.5, 0.6) is 0 Å². The van der Waals surface area contributed by atoms with E-state index in [9.17, 15) is 0 Å². The standard InChI is InChI=1S/C11H23NOS/c1-12(6-2-10-14)7-3-11-4-8-13-9-5-11/h11,14H,2-10H2,1H3. The second kappa shape index (κ2) is 7.55. The quantitative estimate of drug-likeness (QED) is 0.684. The first kappa shape index (κ1) is 12.3. The second-order valence-corrected chi connectivity index (χ2v) is 4.67. The molecule has 2 nitrogen and oxygen atoms in total. The number of thiol groups is 1. The van der Waals surface area contributed by atoms with Crippen molar-refractivity contribution in [2.24, 2.45) is 5.92 Å². The van der Waals surface area contributed by atoms with Gasteiger partial charge in [-0.3, -0.25) is 0 Å². The average molecular weight is 217 g/mol. The maximum Gasteiger partial charge on any atom is 0.0468 e.